The molecule has 0 bridgehead atoms. The summed E-state index contributed by atoms with van der Waals surface area (Å²) >= 11 is 0. The first-order chi connectivity index (χ1) is 21.5. The zero-order valence-corrected chi connectivity index (χ0v) is 25.0. The maximum atomic E-state index is 12.8. The Morgan fingerprint density at radius 2 is 1.48 bits per heavy atom. The van der Waals surface area contributed by atoms with E-state index in [4.69, 9.17) is 18.9 Å². The lowest BCUT2D eigenvalue weighted by atomic mass is 9.99. The summed E-state index contributed by atoms with van der Waals surface area (Å²) in [4.78, 5) is 12.8. The number of benzene rings is 4. The molecule has 0 radical (unpaired) electrons. The first-order valence-electron chi connectivity index (χ1n) is 15.0. The smallest absolute Gasteiger partial charge is 0.339 e. The summed E-state index contributed by atoms with van der Waals surface area (Å²) in [5.74, 6) is 0.995. The largest absolute Gasteiger partial charge is 0.488 e. The molecule has 8 heteroatoms. The van der Waals surface area contributed by atoms with E-state index in [0.29, 0.717) is 44.3 Å². The highest BCUT2D eigenvalue weighted by molar-refractivity contribution is 5.91. The van der Waals surface area contributed by atoms with Crippen LogP contribution in [0.4, 0.5) is 10.5 Å². The number of hydrazone groups is 1. The second kappa shape index (κ2) is 13.3. The van der Waals surface area contributed by atoms with Gasteiger partial charge in [0.15, 0.2) is 5.79 Å². The maximum absolute atomic E-state index is 12.8. The van der Waals surface area contributed by atoms with Crippen molar-refractivity contribution in [1.82, 2.24) is 5.43 Å². The molecule has 1 fully saturated rings. The van der Waals surface area contributed by atoms with Crippen LogP contribution in [-0.2, 0) is 35.5 Å². The van der Waals surface area contributed by atoms with Crippen molar-refractivity contribution in [3.05, 3.63) is 124 Å². The highest BCUT2D eigenvalue weighted by Gasteiger charge is 2.42. The summed E-state index contributed by atoms with van der Waals surface area (Å²) in [7, 11) is 0. The summed E-state index contributed by atoms with van der Waals surface area (Å²) in [6, 6.07) is 29.4. The quantitative estimate of drug-likeness (QED) is 0.154. The van der Waals surface area contributed by atoms with E-state index in [1.54, 1.807) is 6.21 Å². The summed E-state index contributed by atoms with van der Waals surface area (Å²) in [5, 5.41) is 7.13. The van der Waals surface area contributed by atoms with Crippen molar-refractivity contribution in [3.8, 4) is 11.5 Å². The third kappa shape index (κ3) is 7.10. The number of carbonyl (C=O) groups is 1. The standard InChI is InChI=1S/C36H37N3O5/c1-25(2)32-18-30(22-37-39-35(40)38-31-14-13-28-20-36(21-29(28)17-31)43-15-16-44-36)33(41-23-26-9-5-3-6-10-26)19-34(32)42-24-27-11-7-4-8-12-27/h3-14,17-19,22,25H,15-16,20-21,23-24H2,1-2H3,(H2,38,39,40)/b37-22+. The molecular formula is C36H37N3O5. The van der Waals surface area contributed by atoms with Gasteiger partial charge in [0.05, 0.1) is 19.4 Å². The average molecular weight is 592 g/mol. The number of hydrogen-bond donors (Lipinski definition) is 2. The SMILES string of the molecule is CC(C)c1cc(/C=N/NC(=O)Nc2ccc3c(c2)CC2(C3)OCCO2)c(OCc2ccccc2)cc1OCc1ccccc1. The lowest BCUT2D eigenvalue weighted by Gasteiger charge is -2.20. The maximum Gasteiger partial charge on any atom is 0.339 e. The van der Waals surface area contributed by atoms with E-state index in [-0.39, 0.29) is 5.92 Å². The van der Waals surface area contributed by atoms with Crippen molar-refractivity contribution in [3.63, 3.8) is 0 Å². The lowest BCUT2D eigenvalue weighted by molar-refractivity contribution is -0.147. The summed E-state index contributed by atoms with van der Waals surface area (Å²) in [6.07, 6.45) is 3.00. The Balaban J connectivity index is 1.16. The first-order valence-corrected chi connectivity index (χ1v) is 15.0. The molecule has 226 valence electrons. The molecular weight excluding hydrogens is 554 g/mol. The number of urea groups is 1. The van der Waals surface area contributed by atoms with Gasteiger partial charge in [0.2, 0.25) is 0 Å². The van der Waals surface area contributed by atoms with Crippen LogP contribution in [0, 0.1) is 0 Å². The van der Waals surface area contributed by atoms with Crippen molar-refractivity contribution >= 4 is 17.9 Å². The molecule has 2 N–H and O–H groups in total. The molecule has 1 aliphatic heterocycles. The van der Waals surface area contributed by atoms with Crippen molar-refractivity contribution in [1.29, 1.82) is 0 Å². The number of ether oxygens (including phenoxy) is 4. The number of nitrogens with one attached hydrogen (secondary N) is 2. The van der Waals surface area contributed by atoms with Gasteiger partial charge in [-0.15, -0.1) is 0 Å². The topological polar surface area (TPSA) is 90.4 Å². The van der Waals surface area contributed by atoms with Crippen LogP contribution in [0.5, 0.6) is 11.5 Å². The molecule has 1 spiro atoms. The van der Waals surface area contributed by atoms with Gasteiger partial charge in [-0.25, -0.2) is 10.2 Å². The zero-order chi connectivity index (χ0) is 30.4. The van der Waals surface area contributed by atoms with Gasteiger partial charge in [-0.2, -0.15) is 5.10 Å². The van der Waals surface area contributed by atoms with Crippen LogP contribution < -0.4 is 20.2 Å². The molecule has 44 heavy (non-hydrogen) atoms. The van der Waals surface area contributed by atoms with Crippen LogP contribution >= 0.6 is 0 Å². The van der Waals surface area contributed by atoms with E-state index in [1.807, 2.05) is 91.0 Å². The number of hydrogen-bond acceptors (Lipinski definition) is 6. The molecule has 8 nitrogen and oxygen atoms in total. The third-order valence-corrected chi connectivity index (χ3v) is 7.81. The molecule has 1 heterocycles. The number of fused-ring (bicyclic) bond motifs is 1. The van der Waals surface area contributed by atoms with Gasteiger partial charge in [-0.3, -0.25) is 0 Å². The van der Waals surface area contributed by atoms with E-state index in [1.165, 1.54) is 5.56 Å². The van der Waals surface area contributed by atoms with Gasteiger partial charge >= 0.3 is 6.03 Å². The van der Waals surface area contributed by atoms with Crippen molar-refractivity contribution in [2.75, 3.05) is 18.5 Å². The summed E-state index contributed by atoms with van der Waals surface area (Å²) in [5.41, 5.74) is 9.44. The van der Waals surface area contributed by atoms with Crippen LogP contribution in [0.15, 0.2) is 96.1 Å². The minimum atomic E-state index is -0.551. The van der Waals surface area contributed by atoms with Crippen molar-refractivity contribution in [2.24, 2.45) is 5.10 Å². The molecule has 4 aromatic rings. The van der Waals surface area contributed by atoms with Crippen LogP contribution in [0.1, 0.15) is 53.1 Å². The fourth-order valence-electron chi connectivity index (χ4n) is 5.57. The summed E-state index contributed by atoms with van der Waals surface area (Å²) < 4.78 is 24.3. The van der Waals surface area contributed by atoms with Gasteiger partial charge in [0, 0.05) is 30.2 Å². The summed E-state index contributed by atoms with van der Waals surface area (Å²) in [6.45, 7) is 6.28. The predicted molar refractivity (Wildman–Crippen MR) is 170 cm³/mol. The average Bonchev–Trinajstić information content (AvgIpc) is 3.65. The van der Waals surface area contributed by atoms with Crippen LogP contribution in [-0.4, -0.2) is 31.2 Å². The van der Waals surface area contributed by atoms with Gasteiger partial charge < -0.3 is 24.3 Å². The number of anilines is 1. The Bertz CT molecular complexity index is 1620. The molecule has 2 amide bonds. The second-order valence-corrected chi connectivity index (χ2v) is 11.4. The second-order valence-electron chi connectivity index (χ2n) is 11.4. The first kappa shape index (κ1) is 29.4. The normalized spacial score (nSPS) is 15.1. The molecule has 1 saturated heterocycles. The number of amides is 2. The molecule has 1 aliphatic carbocycles. The fraction of sp³-hybridized carbons (Fsp3) is 0.278. The van der Waals surface area contributed by atoms with Gasteiger partial charge in [-0.05, 0) is 51.9 Å². The minimum absolute atomic E-state index is 0.186. The van der Waals surface area contributed by atoms with Crippen molar-refractivity contribution < 1.29 is 23.7 Å². The number of rotatable bonds is 10. The number of carbonyl (C=O) groups excluding carboxylic acids is 1. The molecule has 0 atom stereocenters. The van der Waals surface area contributed by atoms with E-state index in [2.05, 4.69) is 29.7 Å². The monoisotopic (exact) mass is 591 g/mol. The highest BCUT2D eigenvalue weighted by atomic mass is 16.7. The van der Waals surface area contributed by atoms with Crippen LogP contribution in [0.25, 0.3) is 0 Å². The van der Waals surface area contributed by atoms with E-state index >= 15 is 0 Å². The molecule has 4 aromatic carbocycles. The van der Waals surface area contributed by atoms with Crippen LogP contribution in [0.3, 0.4) is 0 Å². The third-order valence-electron chi connectivity index (χ3n) is 7.81. The molecule has 0 unspecified atom stereocenters. The van der Waals surface area contributed by atoms with E-state index < -0.39 is 11.8 Å². The molecule has 2 aliphatic rings. The fourth-order valence-corrected chi connectivity index (χ4v) is 5.57. The number of nitrogens with zero attached hydrogens (tertiary/aromatic N) is 1. The minimum Gasteiger partial charge on any atom is -0.488 e. The van der Waals surface area contributed by atoms with E-state index in [9.17, 15) is 4.79 Å². The van der Waals surface area contributed by atoms with Crippen LogP contribution in [0.2, 0.25) is 0 Å². The highest BCUT2D eigenvalue weighted by Crippen LogP contribution is 2.38. The van der Waals surface area contributed by atoms with Crippen molar-refractivity contribution in [2.45, 2.75) is 51.6 Å². The Labute approximate surface area is 258 Å². The predicted octanol–water partition coefficient (Wildman–Crippen LogP) is 6.97. The Hall–Kier alpha value is -4.66. The molecule has 6 rings (SSSR count). The Morgan fingerprint density at radius 3 is 2.14 bits per heavy atom. The van der Waals surface area contributed by atoms with Gasteiger partial charge in [-0.1, -0.05) is 80.6 Å². The Kier molecular flexibility index (Phi) is 8.91. The molecule has 0 saturated carbocycles. The van der Waals surface area contributed by atoms with E-state index in [0.717, 1.165) is 40.0 Å². The Morgan fingerprint density at radius 1 is 0.841 bits per heavy atom. The zero-order valence-electron chi connectivity index (χ0n) is 25.0. The van der Waals surface area contributed by atoms with Gasteiger partial charge in [0.25, 0.3) is 0 Å². The van der Waals surface area contributed by atoms with Gasteiger partial charge in [0.1, 0.15) is 24.7 Å². The lowest BCUT2D eigenvalue weighted by Crippen LogP contribution is -2.30. The molecule has 0 aromatic heterocycles.